The molecule has 128 valence electrons. The Morgan fingerprint density at radius 2 is 2.33 bits per heavy atom. The zero-order chi connectivity index (χ0) is 17.1. The third kappa shape index (κ3) is 3.79. The highest BCUT2D eigenvalue weighted by atomic mass is 35.5. The van der Waals surface area contributed by atoms with Crippen molar-refractivity contribution >= 4 is 17.5 Å². The maximum atomic E-state index is 12.6. The predicted molar refractivity (Wildman–Crippen MR) is 92.6 cm³/mol. The molecular weight excluding hydrogens is 326 g/mol. The van der Waals surface area contributed by atoms with Crippen molar-refractivity contribution in [2.75, 3.05) is 13.1 Å². The third-order valence-electron chi connectivity index (χ3n) is 4.62. The topological polar surface area (TPSA) is 58.4 Å². The van der Waals surface area contributed by atoms with Crippen LogP contribution < -0.4 is 0 Å². The van der Waals surface area contributed by atoms with Gasteiger partial charge in [0, 0.05) is 43.5 Å². The number of amides is 1. The highest BCUT2D eigenvalue weighted by Crippen LogP contribution is 2.29. The molecule has 1 N–H and O–H groups in total. The average molecular weight is 348 g/mol. The highest BCUT2D eigenvalue weighted by molar-refractivity contribution is 6.30. The van der Waals surface area contributed by atoms with Crippen LogP contribution in [0.3, 0.4) is 0 Å². The first-order chi connectivity index (χ1) is 11.5. The smallest absolute Gasteiger partial charge is 0.227 e. The lowest BCUT2D eigenvalue weighted by molar-refractivity contribution is -0.133. The summed E-state index contributed by atoms with van der Waals surface area (Å²) >= 11 is 5.98. The highest BCUT2D eigenvalue weighted by Gasteiger charge is 2.31. The van der Waals surface area contributed by atoms with Crippen molar-refractivity contribution in [3.63, 3.8) is 0 Å². The van der Waals surface area contributed by atoms with Gasteiger partial charge in [0.2, 0.25) is 5.91 Å². The van der Waals surface area contributed by atoms with Crippen molar-refractivity contribution in [3.05, 3.63) is 53.1 Å². The third-order valence-corrected chi connectivity index (χ3v) is 4.86. The van der Waals surface area contributed by atoms with E-state index in [0.717, 1.165) is 24.9 Å². The summed E-state index contributed by atoms with van der Waals surface area (Å²) in [5.41, 5.74) is 0.916. The van der Waals surface area contributed by atoms with Gasteiger partial charge in [0.1, 0.15) is 11.9 Å². The van der Waals surface area contributed by atoms with Gasteiger partial charge in [0.05, 0.1) is 6.42 Å². The molecule has 0 bridgehead atoms. The number of aliphatic hydroxyl groups is 1. The maximum Gasteiger partial charge on any atom is 0.227 e. The summed E-state index contributed by atoms with van der Waals surface area (Å²) in [5.74, 6) is 0.751. The van der Waals surface area contributed by atoms with E-state index < -0.39 is 6.10 Å². The number of imidazole rings is 1. The van der Waals surface area contributed by atoms with Crippen LogP contribution in [0.2, 0.25) is 5.02 Å². The molecule has 2 unspecified atom stereocenters. The Kier molecular flexibility index (Phi) is 5.21. The van der Waals surface area contributed by atoms with Gasteiger partial charge in [-0.3, -0.25) is 4.79 Å². The molecule has 24 heavy (non-hydrogen) atoms. The van der Waals surface area contributed by atoms with E-state index in [4.69, 9.17) is 11.6 Å². The molecule has 3 rings (SSSR count). The number of likely N-dealkylation sites (tertiary alicyclic amines) is 1. The van der Waals surface area contributed by atoms with Crippen LogP contribution in [-0.4, -0.2) is 38.6 Å². The van der Waals surface area contributed by atoms with E-state index in [1.807, 2.05) is 40.9 Å². The quantitative estimate of drug-likeness (QED) is 0.924. The second kappa shape index (κ2) is 7.36. The zero-order valence-corrected chi connectivity index (χ0v) is 14.5. The van der Waals surface area contributed by atoms with E-state index in [1.54, 1.807) is 12.3 Å². The van der Waals surface area contributed by atoms with Gasteiger partial charge in [-0.15, -0.1) is 0 Å². The van der Waals surface area contributed by atoms with Crippen LogP contribution in [0.15, 0.2) is 36.7 Å². The van der Waals surface area contributed by atoms with Gasteiger partial charge in [-0.2, -0.15) is 0 Å². The minimum Gasteiger partial charge on any atom is -0.385 e. The molecule has 1 aliphatic heterocycles. The van der Waals surface area contributed by atoms with Crippen molar-refractivity contribution in [2.24, 2.45) is 13.0 Å². The number of aryl methyl sites for hydroxylation is 1. The first-order valence-corrected chi connectivity index (χ1v) is 8.60. The summed E-state index contributed by atoms with van der Waals surface area (Å²) in [7, 11) is 1.87. The maximum absolute atomic E-state index is 12.6. The number of rotatable bonds is 4. The fourth-order valence-electron chi connectivity index (χ4n) is 3.30. The van der Waals surface area contributed by atoms with E-state index >= 15 is 0 Å². The number of carbonyl (C=O) groups excluding carboxylic acids is 1. The summed E-state index contributed by atoms with van der Waals surface area (Å²) in [6.45, 7) is 1.30. The summed E-state index contributed by atoms with van der Waals surface area (Å²) in [6.07, 6.45) is 4.99. The van der Waals surface area contributed by atoms with Crippen molar-refractivity contribution in [3.8, 4) is 0 Å². The van der Waals surface area contributed by atoms with Gasteiger partial charge in [0.15, 0.2) is 0 Å². The number of piperidine rings is 1. The molecule has 2 aromatic rings. The monoisotopic (exact) mass is 347 g/mol. The molecule has 0 saturated carbocycles. The molecule has 1 aromatic heterocycles. The fourth-order valence-corrected chi connectivity index (χ4v) is 3.51. The van der Waals surface area contributed by atoms with E-state index in [-0.39, 0.29) is 11.8 Å². The molecule has 1 fully saturated rings. The standard InChI is InChI=1S/C18H22ClN3O2/c1-21-9-7-20-18(21)17(24)14-5-3-8-22(12-14)16(23)11-13-4-2-6-15(19)10-13/h2,4,6-7,9-10,14,17,24H,3,5,8,11-12H2,1H3. The van der Waals surface area contributed by atoms with Crippen LogP contribution in [0.4, 0.5) is 0 Å². The van der Waals surface area contributed by atoms with E-state index in [0.29, 0.717) is 23.8 Å². The Bertz CT molecular complexity index is 716. The number of aromatic nitrogens is 2. The van der Waals surface area contributed by atoms with E-state index in [1.165, 1.54) is 0 Å². The van der Waals surface area contributed by atoms with Crippen molar-refractivity contribution in [2.45, 2.75) is 25.4 Å². The largest absolute Gasteiger partial charge is 0.385 e. The molecule has 5 nitrogen and oxygen atoms in total. The SMILES string of the molecule is Cn1ccnc1C(O)C1CCCN(C(=O)Cc2cccc(Cl)c2)C1. The summed E-state index contributed by atoms with van der Waals surface area (Å²) in [5, 5.41) is 11.2. The molecule has 1 saturated heterocycles. The van der Waals surface area contributed by atoms with Gasteiger partial charge in [-0.05, 0) is 30.5 Å². The molecule has 1 aromatic carbocycles. The van der Waals surface area contributed by atoms with E-state index in [2.05, 4.69) is 4.98 Å². The molecule has 0 aliphatic carbocycles. The zero-order valence-electron chi connectivity index (χ0n) is 13.7. The number of hydrogen-bond acceptors (Lipinski definition) is 3. The van der Waals surface area contributed by atoms with Gasteiger partial charge in [-0.1, -0.05) is 23.7 Å². The van der Waals surface area contributed by atoms with Crippen molar-refractivity contribution in [1.82, 2.24) is 14.5 Å². The predicted octanol–water partition coefficient (Wildman–Crippen LogP) is 2.59. The minimum absolute atomic E-state index is 0.0168. The Balaban J connectivity index is 1.64. The van der Waals surface area contributed by atoms with Gasteiger partial charge in [-0.25, -0.2) is 4.98 Å². The number of aliphatic hydroxyl groups excluding tert-OH is 1. The second-order valence-electron chi connectivity index (χ2n) is 6.39. The molecule has 0 radical (unpaired) electrons. The second-order valence-corrected chi connectivity index (χ2v) is 6.83. The summed E-state index contributed by atoms with van der Waals surface area (Å²) < 4.78 is 1.83. The number of halogens is 1. The lowest BCUT2D eigenvalue weighted by atomic mass is 9.91. The number of carbonyl (C=O) groups is 1. The Labute approximate surface area is 146 Å². The van der Waals surface area contributed by atoms with Crippen LogP contribution in [0.25, 0.3) is 0 Å². The van der Waals surface area contributed by atoms with Crippen LogP contribution >= 0.6 is 11.6 Å². The number of nitrogens with zero attached hydrogens (tertiary/aromatic N) is 3. The Morgan fingerprint density at radius 3 is 3.04 bits per heavy atom. The summed E-state index contributed by atoms with van der Waals surface area (Å²) in [6, 6.07) is 7.39. The Morgan fingerprint density at radius 1 is 1.50 bits per heavy atom. The molecular formula is C18H22ClN3O2. The number of benzene rings is 1. The first kappa shape index (κ1) is 17.0. The van der Waals surface area contributed by atoms with E-state index in [9.17, 15) is 9.90 Å². The van der Waals surface area contributed by atoms with Gasteiger partial charge >= 0.3 is 0 Å². The number of hydrogen-bond donors (Lipinski definition) is 1. The summed E-state index contributed by atoms with van der Waals surface area (Å²) in [4.78, 5) is 18.7. The molecule has 1 amide bonds. The average Bonchev–Trinajstić information content (AvgIpc) is 3.00. The normalized spacial score (nSPS) is 19.3. The molecule has 6 heteroatoms. The minimum atomic E-state index is -0.647. The van der Waals surface area contributed by atoms with Crippen LogP contribution in [-0.2, 0) is 18.3 Å². The van der Waals surface area contributed by atoms with Crippen LogP contribution in [0.1, 0.15) is 30.3 Å². The molecule has 2 heterocycles. The van der Waals surface area contributed by atoms with Gasteiger partial charge in [0.25, 0.3) is 0 Å². The lowest BCUT2D eigenvalue weighted by Crippen LogP contribution is -2.42. The first-order valence-electron chi connectivity index (χ1n) is 8.22. The van der Waals surface area contributed by atoms with Crippen molar-refractivity contribution < 1.29 is 9.90 Å². The molecule has 1 aliphatic rings. The molecule has 2 atom stereocenters. The molecule has 0 spiro atoms. The lowest BCUT2D eigenvalue weighted by Gasteiger charge is -2.35. The fraction of sp³-hybridized carbons (Fsp3) is 0.444. The van der Waals surface area contributed by atoms with Crippen LogP contribution in [0.5, 0.6) is 0 Å². The van der Waals surface area contributed by atoms with Crippen molar-refractivity contribution in [1.29, 1.82) is 0 Å². The van der Waals surface area contributed by atoms with Gasteiger partial charge < -0.3 is 14.6 Å². The Hall–Kier alpha value is -1.85. The van der Waals surface area contributed by atoms with Crippen LogP contribution in [0, 0.1) is 5.92 Å².